The van der Waals surface area contributed by atoms with E-state index in [0.29, 0.717) is 6.54 Å². The third-order valence-electron chi connectivity index (χ3n) is 3.94. The van der Waals surface area contributed by atoms with Crippen molar-refractivity contribution < 1.29 is 4.74 Å². The van der Waals surface area contributed by atoms with Crippen molar-refractivity contribution in [2.75, 3.05) is 39.9 Å². The molecule has 2 N–H and O–H groups in total. The van der Waals surface area contributed by atoms with Crippen molar-refractivity contribution in [3.05, 3.63) is 35.9 Å². The lowest BCUT2D eigenvalue weighted by atomic mass is 10.2. The van der Waals surface area contributed by atoms with E-state index in [1.807, 2.05) is 6.07 Å². The summed E-state index contributed by atoms with van der Waals surface area (Å²) < 4.78 is 5.21. The highest BCUT2D eigenvalue weighted by Crippen LogP contribution is 2.25. The molecule has 0 atom stereocenters. The van der Waals surface area contributed by atoms with Crippen LogP contribution in [0.2, 0.25) is 0 Å². The second-order valence-corrected chi connectivity index (χ2v) is 5.87. The van der Waals surface area contributed by atoms with Crippen LogP contribution in [0.3, 0.4) is 0 Å². The number of benzene rings is 1. The predicted molar refractivity (Wildman–Crippen MR) is 111 cm³/mol. The van der Waals surface area contributed by atoms with Gasteiger partial charge in [0.1, 0.15) is 0 Å². The Morgan fingerprint density at radius 2 is 1.96 bits per heavy atom. The van der Waals surface area contributed by atoms with Crippen LogP contribution in [-0.2, 0) is 11.3 Å². The predicted octanol–water partition coefficient (Wildman–Crippen LogP) is 2.47. The van der Waals surface area contributed by atoms with Crippen molar-refractivity contribution in [1.82, 2.24) is 15.5 Å². The molecule has 5 nitrogen and oxygen atoms in total. The van der Waals surface area contributed by atoms with Gasteiger partial charge in [-0.05, 0) is 25.3 Å². The number of nitrogens with zero attached hydrogens (tertiary/aromatic N) is 2. The highest BCUT2D eigenvalue weighted by Gasteiger charge is 2.28. The number of hydrogen-bond acceptors (Lipinski definition) is 3. The smallest absolute Gasteiger partial charge is 0.191 e. The first-order valence-corrected chi connectivity index (χ1v) is 8.62. The average Bonchev–Trinajstić information content (AvgIpc) is 3.41. The van der Waals surface area contributed by atoms with Gasteiger partial charge in [0.05, 0.1) is 13.2 Å². The molecule has 0 unspecified atom stereocenters. The normalized spacial score (nSPS) is 14.4. The molecule has 1 fully saturated rings. The number of nitrogens with one attached hydrogen (secondary N) is 2. The van der Waals surface area contributed by atoms with Crippen LogP contribution in [0, 0.1) is 0 Å². The Kier molecular flexibility index (Phi) is 11.0. The standard InChI is InChI=1S/C18H30N4O.HI/c1-3-19-18(21-15-16-7-5-4-6-8-16)20-11-12-22(13-14-23-2)17-9-10-17;/h4-8,17H,3,9-15H2,1-2H3,(H2,19,20,21);1H. The summed E-state index contributed by atoms with van der Waals surface area (Å²) in [6, 6.07) is 11.1. The largest absolute Gasteiger partial charge is 0.383 e. The van der Waals surface area contributed by atoms with Crippen molar-refractivity contribution >= 4 is 29.9 Å². The van der Waals surface area contributed by atoms with E-state index in [0.717, 1.165) is 44.8 Å². The van der Waals surface area contributed by atoms with Gasteiger partial charge in [0.15, 0.2) is 5.96 Å². The van der Waals surface area contributed by atoms with Crippen molar-refractivity contribution in [3.8, 4) is 0 Å². The van der Waals surface area contributed by atoms with Gasteiger partial charge in [0.25, 0.3) is 0 Å². The number of aliphatic imine (C=N–C) groups is 1. The lowest BCUT2D eigenvalue weighted by Gasteiger charge is -2.22. The van der Waals surface area contributed by atoms with Crippen LogP contribution in [0.1, 0.15) is 25.3 Å². The topological polar surface area (TPSA) is 48.9 Å². The Balaban J connectivity index is 0.00000288. The maximum Gasteiger partial charge on any atom is 0.191 e. The van der Waals surface area contributed by atoms with Gasteiger partial charge in [0.2, 0.25) is 0 Å². The quantitative estimate of drug-likeness (QED) is 0.330. The van der Waals surface area contributed by atoms with Crippen molar-refractivity contribution in [2.45, 2.75) is 32.4 Å². The summed E-state index contributed by atoms with van der Waals surface area (Å²) in [6.07, 6.45) is 2.65. The van der Waals surface area contributed by atoms with Gasteiger partial charge in [0, 0.05) is 39.3 Å². The van der Waals surface area contributed by atoms with Crippen LogP contribution < -0.4 is 10.6 Å². The molecule has 0 aromatic heterocycles. The molecule has 2 rings (SSSR count). The zero-order valence-corrected chi connectivity index (χ0v) is 17.2. The van der Waals surface area contributed by atoms with E-state index in [9.17, 15) is 0 Å². The first-order valence-electron chi connectivity index (χ1n) is 8.62. The molecule has 1 saturated carbocycles. The molecule has 0 bridgehead atoms. The Bertz CT molecular complexity index is 465. The maximum absolute atomic E-state index is 5.21. The van der Waals surface area contributed by atoms with Crippen molar-refractivity contribution in [2.24, 2.45) is 4.99 Å². The average molecular weight is 446 g/mol. The molecule has 1 aromatic rings. The van der Waals surface area contributed by atoms with Gasteiger partial charge in [-0.25, -0.2) is 4.99 Å². The molecule has 0 amide bonds. The van der Waals surface area contributed by atoms with Crippen LogP contribution in [0.15, 0.2) is 35.3 Å². The first-order chi connectivity index (χ1) is 11.3. The second kappa shape index (κ2) is 12.5. The fraction of sp³-hybridized carbons (Fsp3) is 0.611. The zero-order chi connectivity index (χ0) is 16.3. The third kappa shape index (κ3) is 8.30. The molecule has 1 aliphatic carbocycles. The van der Waals surface area contributed by atoms with Crippen LogP contribution >= 0.6 is 24.0 Å². The Labute approximate surface area is 163 Å². The molecular weight excluding hydrogens is 415 g/mol. The van der Waals surface area contributed by atoms with E-state index >= 15 is 0 Å². The number of methoxy groups -OCH3 is 1. The van der Waals surface area contributed by atoms with E-state index in [-0.39, 0.29) is 24.0 Å². The van der Waals surface area contributed by atoms with Crippen molar-refractivity contribution in [1.29, 1.82) is 0 Å². The highest BCUT2D eigenvalue weighted by molar-refractivity contribution is 14.0. The summed E-state index contributed by atoms with van der Waals surface area (Å²) in [4.78, 5) is 7.17. The number of halogens is 1. The van der Waals surface area contributed by atoms with Gasteiger partial charge in [-0.2, -0.15) is 0 Å². The minimum atomic E-state index is 0. The summed E-state index contributed by atoms with van der Waals surface area (Å²) >= 11 is 0. The minimum absolute atomic E-state index is 0. The highest BCUT2D eigenvalue weighted by atomic mass is 127. The Morgan fingerprint density at radius 1 is 1.21 bits per heavy atom. The molecule has 136 valence electrons. The maximum atomic E-state index is 5.21. The van der Waals surface area contributed by atoms with E-state index in [4.69, 9.17) is 4.74 Å². The number of guanidine groups is 1. The third-order valence-corrected chi connectivity index (χ3v) is 3.94. The minimum Gasteiger partial charge on any atom is -0.383 e. The number of rotatable bonds is 10. The van der Waals surface area contributed by atoms with Gasteiger partial charge < -0.3 is 15.4 Å². The lowest BCUT2D eigenvalue weighted by Crippen LogP contribution is -2.42. The van der Waals surface area contributed by atoms with E-state index < -0.39 is 0 Å². The molecule has 0 aliphatic heterocycles. The Hall–Kier alpha value is -0.860. The number of ether oxygens (including phenoxy) is 1. The summed E-state index contributed by atoms with van der Waals surface area (Å²) in [5.74, 6) is 0.888. The van der Waals surface area contributed by atoms with Crippen LogP contribution in [0.4, 0.5) is 0 Å². The molecule has 1 aliphatic rings. The van der Waals surface area contributed by atoms with Crippen molar-refractivity contribution in [3.63, 3.8) is 0 Å². The van der Waals surface area contributed by atoms with Gasteiger partial charge in [-0.15, -0.1) is 24.0 Å². The molecular formula is C18H31IN4O. The van der Waals surface area contributed by atoms with Crippen LogP contribution in [0.25, 0.3) is 0 Å². The molecule has 0 saturated heterocycles. The molecule has 0 radical (unpaired) electrons. The summed E-state index contributed by atoms with van der Waals surface area (Å²) in [5.41, 5.74) is 1.23. The SMILES string of the molecule is CCNC(=NCc1ccccc1)NCCN(CCOC)C1CC1.I. The number of hydrogen-bond donors (Lipinski definition) is 2. The fourth-order valence-electron chi connectivity index (χ4n) is 2.54. The molecule has 6 heteroatoms. The molecule has 0 heterocycles. The molecule has 0 spiro atoms. The van der Waals surface area contributed by atoms with Gasteiger partial charge in [-0.1, -0.05) is 30.3 Å². The van der Waals surface area contributed by atoms with E-state index in [2.05, 4.69) is 51.7 Å². The van der Waals surface area contributed by atoms with Gasteiger partial charge in [-0.3, -0.25) is 4.90 Å². The lowest BCUT2D eigenvalue weighted by molar-refractivity contribution is 0.144. The Morgan fingerprint density at radius 3 is 2.58 bits per heavy atom. The molecule has 1 aromatic carbocycles. The molecule has 24 heavy (non-hydrogen) atoms. The summed E-state index contributed by atoms with van der Waals surface area (Å²) in [5, 5.41) is 6.75. The first kappa shape index (κ1) is 21.2. The van der Waals surface area contributed by atoms with E-state index in [1.54, 1.807) is 7.11 Å². The summed E-state index contributed by atoms with van der Waals surface area (Å²) in [6.45, 7) is 7.42. The zero-order valence-electron chi connectivity index (χ0n) is 14.8. The van der Waals surface area contributed by atoms with Crippen LogP contribution in [-0.4, -0.2) is 56.8 Å². The van der Waals surface area contributed by atoms with Gasteiger partial charge >= 0.3 is 0 Å². The monoisotopic (exact) mass is 446 g/mol. The second-order valence-electron chi connectivity index (χ2n) is 5.87. The fourth-order valence-corrected chi connectivity index (χ4v) is 2.54. The van der Waals surface area contributed by atoms with Crippen LogP contribution in [0.5, 0.6) is 0 Å². The summed E-state index contributed by atoms with van der Waals surface area (Å²) in [7, 11) is 1.77. The van der Waals surface area contributed by atoms with E-state index in [1.165, 1.54) is 18.4 Å².